The molecule has 0 saturated heterocycles. The molecule has 2 aromatic rings. The summed E-state index contributed by atoms with van der Waals surface area (Å²) in [6.07, 6.45) is 0. The van der Waals surface area contributed by atoms with Crippen molar-refractivity contribution in [3.05, 3.63) is 64.7 Å². The van der Waals surface area contributed by atoms with Gasteiger partial charge in [-0.2, -0.15) is 0 Å². The summed E-state index contributed by atoms with van der Waals surface area (Å²) in [5, 5.41) is 0.693. The quantitative estimate of drug-likeness (QED) is 0.868. The number of halogens is 1. The molecular formula is C14H12ClNOS. The molecule has 18 heavy (non-hydrogen) atoms. The first-order valence-electron chi connectivity index (χ1n) is 5.43. The number of benzene rings is 2. The largest absolute Gasteiger partial charge is 0.488 e. The highest BCUT2D eigenvalue weighted by Crippen LogP contribution is 2.20. The summed E-state index contributed by atoms with van der Waals surface area (Å²) >= 11 is 10.9. The number of nitrogens with two attached hydrogens (primary N) is 1. The smallest absolute Gasteiger partial charge is 0.129 e. The lowest BCUT2D eigenvalue weighted by atomic mass is 10.2. The van der Waals surface area contributed by atoms with Crippen LogP contribution in [-0.2, 0) is 6.61 Å². The van der Waals surface area contributed by atoms with Gasteiger partial charge in [-0.05, 0) is 29.8 Å². The minimum atomic E-state index is 0.330. The highest BCUT2D eigenvalue weighted by molar-refractivity contribution is 7.80. The zero-order valence-electron chi connectivity index (χ0n) is 9.60. The van der Waals surface area contributed by atoms with E-state index in [2.05, 4.69) is 0 Å². The maximum absolute atomic E-state index is 5.91. The van der Waals surface area contributed by atoms with Crippen LogP contribution in [0.2, 0.25) is 5.02 Å². The first-order chi connectivity index (χ1) is 8.66. The Morgan fingerprint density at radius 2 is 1.94 bits per heavy atom. The van der Waals surface area contributed by atoms with Crippen LogP contribution in [-0.4, -0.2) is 4.99 Å². The molecule has 2 nitrogen and oxygen atoms in total. The predicted octanol–water partition coefficient (Wildman–Crippen LogP) is 3.55. The lowest BCUT2D eigenvalue weighted by Crippen LogP contribution is -2.11. The van der Waals surface area contributed by atoms with E-state index in [1.54, 1.807) is 0 Å². The van der Waals surface area contributed by atoms with Gasteiger partial charge in [-0.3, -0.25) is 0 Å². The number of ether oxygens (including phenoxy) is 1. The van der Waals surface area contributed by atoms with E-state index in [0.717, 1.165) is 11.1 Å². The SMILES string of the molecule is NC(=S)c1ccccc1OCc1cccc(Cl)c1. The van der Waals surface area contributed by atoms with Gasteiger partial charge in [0.05, 0.1) is 5.56 Å². The summed E-state index contributed by atoms with van der Waals surface area (Å²) in [7, 11) is 0. The van der Waals surface area contributed by atoms with Gasteiger partial charge in [-0.25, -0.2) is 0 Å². The molecule has 0 aliphatic carbocycles. The summed E-state index contributed by atoms with van der Waals surface area (Å²) in [5.41, 5.74) is 7.38. The Bertz CT molecular complexity index is 571. The highest BCUT2D eigenvalue weighted by Gasteiger charge is 2.05. The standard InChI is InChI=1S/C14H12ClNOS/c15-11-5-3-4-10(8-11)9-17-13-7-2-1-6-12(13)14(16)18/h1-8H,9H2,(H2,16,18). The molecule has 0 heterocycles. The zero-order valence-corrected chi connectivity index (χ0v) is 11.2. The molecule has 0 unspecified atom stereocenters. The molecule has 4 heteroatoms. The van der Waals surface area contributed by atoms with E-state index in [1.165, 1.54) is 0 Å². The molecule has 0 atom stereocenters. The molecule has 0 bridgehead atoms. The van der Waals surface area contributed by atoms with Gasteiger partial charge < -0.3 is 10.5 Å². The van der Waals surface area contributed by atoms with E-state index < -0.39 is 0 Å². The zero-order chi connectivity index (χ0) is 13.0. The van der Waals surface area contributed by atoms with Gasteiger partial charge in [-0.1, -0.05) is 48.1 Å². The monoisotopic (exact) mass is 277 g/mol. The first-order valence-corrected chi connectivity index (χ1v) is 6.21. The van der Waals surface area contributed by atoms with Crippen molar-refractivity contribution in [1.29, 1.82) is 0 Å². The second-order valence-electron chi connectivity index (χ2n) is 3.78. The van der Waals surface area contributed by atoms with Gasteiger partial charge in [0, 0.05) is 5.02 Å². The van der Waals surface area contributed by atoms with Crippen molar-refractivity contribution in [1.82, 2.24) is 0 Å². The number of para-hydroxylation sites is 1. The fourth-order valence-corrected chi connectivity index (χ4v) is 1.97. The molecule has 0 amide bonds. The van der Waals surface area contributed by atoms with Gasteiger partial charge in [0.15, 0.2) is 0 Å². The average Bonchev–Trinajstić information content (AvgIpc) is 2.37. The number of rotatable bonds is 4. The molecule has 2 aromatic carbocycles. The van der Waals surface area contributed by atoms with Crippen LogP contribution in [0.15, 0.2) is 48.5 Å². The van der Waals surface area contributed by atoms with Crippen LogP contribution in [0.25, 0.3) is 0 Å². The fraction of sp³-hybridized carbons (Fsp3) is 0.0714. The molecule has 0 fully saturated rings. The van der Waals surface area contributed by atoms with Crippen LogP contribution >= 0.6 is 23.8 Å². The van der Waals surface area contributed by atoms with Crippen LogP contribution in [0.5, 0.6) is 5.75 Å². The summed E-state index contributed by atoms with van der Waals surface area (Å²) in [4.78, 5) is 0.330. The van der Waals surface area contributed by atoms with Gasteiger partial charge >= 0.3 is 0 Å². The first kappa shape index (κ1) is 12.9. The Kier molecular flexibility index (Phi) is 4.18. The summed E-state index contributed by atoms with van der Waals surface area (Å²) in [5.74, 6) is 0.685. The predicted molar refractivity (Wildman–Crippen MR) is 78.1 cm³/mol. The summed E-state index contributed by atoms with van der Waals surface area (Å²) < 4.78 is 5.71. The highest BCUT2D eigenvalue weighted by atomic mass is 35.5. The minimum Gasteiger partial charge on any atom is -0.488 e. The van der Waals surface area contributed by atoms with E-state index in [-0.39, 0.29) is 0 Å². The molecule has 92 valence electrons. The van der Waals surface area contributed by atoms with Crippen LogP contribution in [0.1, 0.15) is 11.1 Å². The molecule has 2 N–H and O–H groups in total. The Morgan fingerprint density at radius 1 is 1.17 bits per heavy atom. The van der Waals surface area contributed by atoms with Crippen molar-refractivity contribution in [2.45, 2.75) is 6.61 Å². The minimum absolute atomic E-state index is 0.330. The van der Waals surface area contributed by atoms with E-state index in [4.69, 9.17) is 34.3 Å². The third-order valence-corrected chi connectivity index (χ3v) is 2.89. The normalized spacial score (nSPS) is 10.1. The van der Waals surface area contributed by atoms with E-state index in [0.29, 0.717) is 22.4 Å². The van der Waals surface area contributed by atoms with E-state index >= 15 is 0 Å². The van der Waals surface area contributed by atoms with Crippen molar-refractivity contribution >= 4 is 28.8 Å². The average molecular weight is 278 g/mol. The molecule has 0 radical (unpaired) electrons. The van der Waals surface area contributed by atoms with E-state index in [9.17, 15) is 0 Å². The molecule has 0 aliphatic rings. The third kappa shape index (κ3) is 3.22. The van der Waals surface area contributed by atoms with Gasteiger partial charge in [0.25, 0.3) is 0 Å². The Morgan fingerprint density at radius 3 is 2.67 bits per heavy atom. The van der Waals surface area contributed by atoms with Gasteiger partial charge in [0.2, 0.25) is 0 Å². The van der Waals surface area contributed by atoms with Crippen LogP contribution in [0.3, 0.4) is 0 Å². The van der Waals surface area contributed by atoms with Crippen LogP contribution in [0.4, 0.5) is 0 Å². The van der Waals surface area contributed by atoms with Crippen LogP contribution < -0.4 is 10.5 Å². The Hall–Kier alpha value is -1.58. The fourth-order valence-electron chi connectivity index (χ4n) is 1.58. The van der Waals surface area contributed by atoms with Crippen LogP contribution in [0, 0.1) is 0 Å². The lowest BCUT2D eigenvalue weighted by molar-refractivity contribution is 0.305. The molecular weight excluding hydrogens is 266 g/mol. The lowest BCUT2D eigenvalue weighted by Gasteiger charge is -2.10. The van der Waals surface area contributed by atoms with Crippen molar-refractivity contribution in [2.24, 2.45) is 5.73 Å². The van der Waals surface area contributed by atoms with E-state index in [1.807, 2.05) is 48.5 Å². The van der Waals surface area contributed by atoms with Crippen molar-refractivity contribution in [2.75, 3.05) is 0 Å². The maximum atomic E-state index is 5.91. The maximum Gasteiger partial charge on any atom is 0.129 e. The van der Waals surface area contributed by atoms with Crippen molar-refractivity contribution in [3.8, 4) is 5.75 Å². The number of hydrogen-bond donors (Lipinski definition) is 1. The van der Waals surface area contributed by atoms with Gasteiger partial charge in [0.1, 0.15) is 17.3 Å². The third-order valence-electron chi connectivity index (χ3n) is 2.44. The summed E-state index contributed by atoms with van der Waals surface area (Å²) in [6.45, 7) is 0.431. The second-order valence-corrected chi connectivity index (χ2v) is 4.66. The molecule has 0 spiro atoms. The second kappa shape index (κ2) is 5.85. The molecule has 0 aromatic heterocycles. The molecule has 0 saturated carbocycles. The van der Waals surface area contributed by atoms with Crippen molar-refractivity contribution in [3.63, 3.8) is 0 Å². The Balaban J connectivity index is 2.13. The Labute approximate surface area is 116 Å². The molecule has 2 rings (SSSR count). The van der Waals surface area contributed by atoms with Gasteiger partial charge in [-0.15, -0.1) is 0 Å². The molecule has 0 aliphatic heterocycles. The number of thiocarbonyl (C=S) groups is 1. The van der Waals surface area contributed by atoms with Crippen molar-refractivity contribution < 1.29 is 4.74 Å². The number of hydrogen-bond acceptors (Lipinski definition) is 2. The summed E-state index contributed by atoms with van der Waals surface area (Å²) in [6, 6.07) is 15.0. The topological polar surface area (TPSA) is 35.2 Å².